The number of ether oxygens (including phenoxy) is 1. The molecular formula is C12H25NO. The summed E-state index contributed by atoms with van der Waals surface area (Å²) >= 11 is 0. The van der Waals surface area contributed by atoms with E-state index in [9.17, 15) is 0 Å². The molecule has 0 saturated heterocycles. The van der Waals surface area contributed by atoms with Crippen LogP contribution in [-0.2, 0) is 4.74 Å². The summed E-state index contributed by atoms with van der Waals surface area (Å²) in [4.78, 5) is 0. The van der Waals surface area contributed by atoms with Gasteiger partial charge in [0.1, 0.15) is 0 Å². The van der Waals surface area contributed by atoms with Gasteiger partial charge in [-0.3, -0.25) is 0 Å². The van der Waals surface area contributed by atoms with Crippen LogP contribution in [0.15, 0.2) is 0 Å². The van der Waals surface area contributed by atoms with Crippen molar-refractivity contribution in [3.8, 4) is 0 Å². The van der Waals surface area contributed by atoms with Crippen molar-refractivity contribution in [3.63, 3.8) is 0 Å². The fourth-order valence-electron chi connectivity index (χ4n) is 2.40. The molecule has 2 nitrogen and oxygen atoms in total. The average Bonchev–Trinajstić information content (AvgIpc) is 2.41. The standard InChI is InChI=1S/C12H25NO/c1-3-9-13-12-8-6-4-5-7-11(12)10-14-2/h11-13H,3-10H2,1-2H3. The van der Waals surface area contributed by atoms with Gasteiger partial charge in [0.25, 0.3) is 0 Å². The van der Waals surface area contributed by atoms with Gasteiger partial charge in [-0.1, -0.05) is 26.2 Å². The fraction of sp³-hybridized carbons (Fsp3) is 1.00. The van der Waals surface area contributed by atoms with Gasteiger partial charge in [0, 0.05) is 13.2 Å². The van der Waals surface area contributed by atoms with Crippen LogP contribution in [0.25, 0.3) is 0 Å². The molecule has 0 aromatic rings. The van der Waals surface area contributed by atoms with Crippen LogP contribution >= 0.6 is 0 Å². The van der Waals surface area contributed by atoms with Crippen LogP contribution in [0.5, 0.6) is 0 Å². The molecule has 0 aliphatic heterocycles. The van der Waals surface area contributed by atoms with Crippen molar-refractivity contribution in [2.45, 2.75) is 51.5 Å². The van der Waals surface area contributed by atoms with Crippen LogP contribution in [-0.4, -0.2) is 26.3 Å². The van der Waals surface area contributed by atoms with Gasteiger partial charge in [-0.2, -0.15) is 0 Å². The third-order valence-electron chi connectivity index (χ3n) is 3.20. The van der Waals surface area contributed by atoms with Crippen molar-refractivity contribution in [2.75, 3.05) is 20.3 Å². The first-order valence-electron chi connectivity index (χ1n) is 6.10. The lowest BCUT2D eigenvalue weighted by molar-refractivity contribution is 0.126. The van der Waals surface area contributed by atoms with E-state index < -0.39 is 0 Å². The second-order valence-corrected chi connectivity index (χ2v) is 4.41. The van der Waals surface area contributed by atoms with E-state index in [2.05, 4.69) is 12.2 Å². The highest BCUT2D eigenvalue weighted by atomic mass is 16.5. The van der Waals surface area contributed by atoms with Gasteiger partial charge in [-0.15, -0.1) is 0 Å². The van der Waals surface area contributed by atoms with Crippen LogP contribution in [0.3, 0.4) is 0 Å². The summed E-state index contributed by atoms with van der Waals surface area (Å²) in [7, 11) is 1.82. The van der Waals surface area contributed by atoms with Gasteiger partial charge in [0.2, 0.25) is 0 Å². The topological polar surface area (TPSA) is 21.3 Å². The van der Waals surface area contributed by atoms with Gasteiger partial charge < -0.3 is 10.1 Å². The first-order chi connectivity index (χ1) is 6.88. The summed E-state index contributed by atoms with van der Waals surface area (Å²) in [5.41, 5.74) is 0. The monoisotopic (exact) mass is 199 g/mol. The van der Waals surface area contributed by atoms with Crippen LogP contribution in [0.4, 0.5) is 0 Å². The third-order valence-corrected chi connectivity index (χ3v) is 3.20. The zero-order valence-corrected chi connectivity index (χ0v) is 9.72. The minimum absolute atomic E-state index is 0.706. The SMILES string of the molecule is CCCNC1CCCCCC1COC. The highest BCUT2D eigenvalue weighted by Crippen LogP contribution is 2.23. The number of rotatable bonds is 5. The van der Waals surface area contributed by atoms with Crippen molar-refractivity contribution in [2.24, 2.45) is 5.92 Å². The predicted molar refractivity (Wildman–Crippen MR) is 60.5 cm³/mol. The Hall–Kier alpha value is -0.0800. The zero-order chi connectivity index (χ0) is 10.2. The number of nitrogens with one attached hydrogen (secondary N) is 1. The minimum atomic E-state index is 0.706. The average molecular weight is 199 g/mol. The highest BCUT2D eigenvalue weighted by molar-refractivity contribution is 4.79. The van der Waals surface area contributed by atoms with Crippen LogP contribution < -0.4 is 5.32 Å². The summed E-state index contributed by atoms with van der Waals surface area (Å²) in [6, 6.07) is 0.706. The largest absolute Gasteiger partial charge is 0.384 e. The predicted octanol–water partition coefficient (Wildman–Crippen LogP) is 2.58. The van der Waals surface area contributed by atoms with E-state index in [1.807, 2.05) is 7.11 Å². The number of hydrogen-bond acceptors (Lipinski definition) is 2. The maximum Gasteiger partial charge on any atom is 0.0505 e. The molecule has 2 unspecified atom stereocenters. The third kappa shape index (κ3) is 3.97. The second kappa shape index (κ2) is 7.24. The Kier molecular flexibility index (Phi) is 6.20. The van der Waals surface area contributed by atoms with E-state index in [1.165, 1.54) is 38.5 Å². The van der Waals surface area contributed by atoms with E-state index in [-0.39, 0.29) is 0 Å². The molecule has 14 heavy (non-hydrogen) atoms. The summed E-state index contributed by atoms with van der Waals surface area (Å²) in [6.07, 6.45) is 8.10. The Labute approximate surface area is 88.4 Å². The smallest absolute Gasteiger partial charge is 0.0505 e. The summed E-state index contributed by atoms with van der Waals surface area (Å²) in [5.74, 6) is 0.744. The van der Waals surface area contributed by atoms with Gasteiger partial charge in [-0.25, -0.2) is 0 Å². The highest BCUT2D eigenvalue weighted by Gasteiger charge is 2.22. The van der Waals surface area contributed by atoms with Gasteiger partial charge in [0.05, 0.1) is 6.61 Å². The van der Waals surface area contributed by atoms with Gasteiger partial charge in [0.15, 0.2) is 0 Å². The molecule has 0 spiro atoms. The molecule has 0 bridgehead atoms. The molecule has 1 aliphatic rings. The molecule has 0 radical (unpaired) electrons. The quantitative estimate of drug-likeness (QED) is 0.687. The summed E-state index contributed by atoms with van der Waals surface area (Å²) in [5, 5.41) is 3.67. The molecule has 1 fully saturated rings. The Bertz CT molecular complexity index is 138. The fourth-order valence-corrected chi connectivity index (χ4v) is 2.40. The second-order valence-electron chi connectivity index (χ2n) is 4.41. The molecule has 1 aliphatic carbocycles. The number of methoxy groups -OCH3 is 1. The zero-order valence-electron chi connectivity index (χ0n) is 9.72. The molecule has 1 saturated carbocycles. The molecule has 84 valence electrons. The van der Waals surface area contributed by atoms with E-state index in [1.54, 1.807) is 0 Å². The molecule has 0 heterocycles. The van der Waals surface area contributed by atoms with Crippen LogP contribution in [0.1, 0.15) is 45.4 Å². The Morgan fingerprint density at radius 2 is 2.00 bits per heavy atom. The first kappa shape index (κ1) is 12.0. The van der Waals surface area contributed by atoms with E-state index in [4.69, 9.17) is 4.74 Å². The molecular weight excluding hydrogens is 174 g/mol. The molecule has 2 heteroatoms. The van der Waals surface area contributed by atoms with Gasteiger partial charge in [-0.05, 0) is 31.7 Å². The lowest BCUT2D eigenvalue weighted by Gasteiger charge is -2.25. The van der Waals surface area contributed by atoms with E-state index in [0.717, 1.165) is 19.1 Å². The summed E-state index contributed by atoms with van der Waals surface area (Å²) in [6.45, 7) is 4.32. The lowest BCUT2D eigenvalue weighted by atomic mass is 9.95. The normalized spacial score (nSPS) is 28.7. The molecule has 1 N–H and O–H groups in total. The first-order valence-corrected chi connectivity index (χ1v) is 6.10. The van der Waals surface area contributed by atoms with E-state index in [0.29, 0.717) is 6.04 Å². The van der Waals surface area contributed by atoms with Crippen molar-refractivity contribution < 1.29 is 4.74 Å². The maximum absolute atomic E-state index is 5.31. The molecule has 0 aromatic heterocycles. The van der Waals surface area contributed by atoms with Crippen molar-refractivity contribution in [1.82, 2.24) is 5.32 Å². The molecule has 2 atom stereocenters. The van der Waals surface area contributed by atoms with Crippen molar-refractivity contribution >= 4 is 0 Å². The maximum atomic E-state index is 5.31. The van der Waals surface area contributed by atoms with Gasteiger partial charge >= 0.3 is 0 Å². The number of hydrogen-bond donors (Lipinski definition) is 1. The van der Waals surface area contributed by atoms with Crippen LogP contribution in [0, 0.1) is 5.92 Å². The molecule has 0 amide bonds. The molecule has 0 aromatic carbocycles. The minimum Gasteiger partial charge on any atom is -0.384 e. The van der Waals surface area contributed by atoms with Crippen molar-refractivity contribution in [3.05, 3.63) is 0 Å². The Morgan fingerprint density at radius 3 is 2.71 bits per heavy atom. The Balaban J connectivity index is 2.37. The van der Waals surface area contributed by atoms with E-state index >= 15 is 0 Å². The Morgan fingerprint density at radius 1 is 1.21 bits per heavy atom. The van der Waals surface area contributed by atoms with Crippen molar-refractivity contribution in [1.29, 1.82) is 0 Å². The van der Waals surface area contributed by atoms with Crippen LogP contribution in [0.2, 0.25) is 0 Å². The lowest BCUT2D eigenvalue weighted by Crippen LogP contribution is -2.38. The summed E-state index contributed by atoms with van der Waals surface area (Å²) < 4.78 is 5.31. The molecule has 1 rings (SSSR count).